The van der Waals surface area contributed by atoms with Crippen LogP contribution in [0.4, 0.5) is 5.69 Å². The first-order chi connectivity index (χ1) is 9.33. The predicted octanol–water partition coefficient (Wildman–Crippen LogP) is 3.21. The summed E-state index contributed by atoms with van der Waals surface area (Å²) in [5.74, 6) is 0. The van der Waals surface area contributed by atoms with Gasteiger partial charge in [0.05, 0.1) is 6.04 Å². The van der Waals surface area contributed by atoms with Gasteiger partial charge in [0.2, 0.25) is 0 Å². The summed E-state index contributed by atoms with van der Waals surface area (Å²) in [6, 6.07) is 18.5. The van der Waals surface area contributed by atoms with Crippen LogP contribution >= 0.6 is 0 Å². The Morgan fingerprint density at radius 2 is 1.74 bits per heavy atom. The Kier molecular flexibility index (Phi) is 2.39. The lowest BCUT2D eigenvalue weighted by molar-refractivity contribution is 0.227. The average Bonchev–Trinajstić information content (AvgIpc) is 2.73. The minimum atomic E-state index is 0.421. The van der Waals surface area contributed by atoms with E-state index in [0.29, 0.717) is 12.1 Å². The maximum Gasteiger partial charge on any atom is 0.0675 e. The quantitative estimate of drug-likeness (QED) is 0.772. The van der Waals surface area contributed by atoms with Crippen LogP contribution in [0.2, 0.25) is 0 Å². The molecule has 0 spiro atoms. The van der Waals surface area contributed by atoms with Crippen molar-refractivity contribution in [2.24, 2.45) is 0 Å². The lowest BCUT2D eigenvalue weighted by Crippen LogP contribution is -2.35. The minimum absolute atomic E-state index is 0.421. The normalized spacial score (nSPS) is 24.9. The first-order valence-corrected chi connectivity index (χ1v) is 6.95. The monoisotopic (exact) mass is 250 g/mol. The Morgan fingerprint density at radius 3 is 2.63 bits per heavy atom. The van der Waals surface area contributed by atoms with Crippen LogP contribution in [0, 0.1) is 0 Å². The van der Waals surface area contributed by atoms with Crippen LogP contribution < -0.4 is 5.32 Å². The summed E-state index contributed by atoms with van der Waals surface area (Å²) < 4.78 is 0. The van der Waals surface area contributed by atoms with Gasteiger partial charge in [-0.05, 0) is 36.2 Å². The summed E-state index contributed by atoms with van der Waals surface area (Å²) in [6.45, 7) is 1.03. The summed E-state index contributed by atoms with van der Waals surface area (Å²) in [6.07, 6.45) is 1.15. The number of fused-ring (bicyclic) bond motifs is 4. The molecule has 2 heteroatoms. The van der Waals surface area contributed by atoms with Gasteiger partial charge in [0.1, 0.15) is 0 Å². The van der Waals surface area contributed by atoms with Crippen molar-refractivity contribution in [1.82, 2.24) is 4.90 Å². The molecule has 19 heavy (non-hydrogen) atoms. The van der Waals surface area contributed by atoms with Crippen LogP contribution in [0.15, 0.2) is 48.5 Å². The standard InChI is InChI=1S/C17H18N2/c1-19-11-13-7-3-5-9-15(13)18-17-14-8-4-2-6-12(14)10-16(17)19/h2-9,16-18H,10-11H2,1H3/t16-,17-/m0/s1. The molecule has 0 saturated heterocycles. The van der Waals surface area contributed by atoms with Gasteiger partial charge in [-0.15, -0.1) is 0 Å². The molecule has 2 aliphatic rings. The van der Waals surface area contributed by atoms with E-state index in [9.17, 15) is 0 Å². The fourth-order valence-corrected chi connectivity index (χ4v) is 3.51. The minimum Gasteiger partial charge on any atom is -0.376 e. The highest BCUT2D eigenvalue weighted by atomic mass is 15.2. The van der Waals surface area contributed by atoms with Gasteiger partial charge in [-0.25, -0.2) is 0 Å². The zero-order valence-corrected chi connectivity index (χ0v) is 11.1. The van der Waals surface area contributed by atoms with E-state index in [0.717, 1.165) is 13.0 Å². The number of nitrogens with one attached hydrogen (secondary N) is 1. The highest BCUT2D eigenvalue weighted by molar-refractivity contribution is 5.56. The van der Waals surface area contributed by atoms with Crippen molar-refractivity contribution >= 4 is 5.69 Å². The number of para-hydroxylation sites is 1. The molecule has 0 saturated carbocycles. The second-order valence-electron chi connectivity index (χ2n) is 5.66. The highest BCUT2D eigenvalue weighted by Gasteiger charge is 2.36. The third kappa shape index (κ3) is 1.67. The van der Waals surface area contributed by atoms with Gasteiger partial charge in [-0.3, -0.25) is 4.90 Å². The van der Waals surface area contributed by atoms with E-state index in [1.807, 2.05) is 0 Å². The third-order valence-electron chi connectivity index (χ3n) is 4.52. The Hall–Kier alpha value is -1.80. The maximum atomic E-state index is 3.77. The van der Waals surface area contributed by atoms with E-state index in [2.05, 4.69) is 65.8 Å². The van der Waals surface area contributed by atoms with E-state index in [1.54, 1.807) is 0 Å². The first-order valence-electron chi connectivity index (χ1n) is 6.95. The lowest BCUT2D eigenvalue weighted by Gasteiger charge is -2.27. The van der Waals surface area contributed by atoms with Crippen molar-refractivity contribution in [1.29, 1.82) is 0 Å². The highest BCUT2D eigenvalue weighted by Crippen LogP contribution is 2.39. The third-order valence-corrected chi connectivity index (χ3v) is 4.52. The SMILES string of the molecule is CN1Cc2ccccc2N[C@H]2c3ccccc3C[C@@H]21. The lowest BCUT2D eigenvalue weighted by atomic mass is 10.1. The fourth-order valence-electron chi connectivity index (χ4n) is 3.51. The number of benzene rings is 2. The van der Waals surface area contributed by atoms with E-state index >= 15 is 0 Å². The molecule has 1 N–H and O–H groups in total. The van der Waals surface area contributed by atoms with E-state index in [-0.39, 0.29) is 0 Å². The van der Waals surface area contributed by atoms with Crippen LogP contribution in [0.5, 0.6) is 0 Å². The predicted molar refractivity (Wildman–Crippen MR) is 78.2 cm³/mol. The molecule has 0 aromatic heterocycles. The number of hydrogen-bond donors (Lipinski definition) is 1. The fraction of sp³-hybridized carbons (Fsp3) is 0.294. The van der Waals surface area contributed by atoms with E-state index in [1.165, 1.54) is 22.4 Å². The molecule has 0 radical (unpaired) electrons. The molecule has 2 nitrogen and oxygen atoms in total. The second-order valence-corrected chi connectivity index (χ2v) is 5.66. The van der Waals surface area contributed by atoms with Gasteiger partial charge in [0.25, 0.3) is 0 Å². The van der Waals surface area contributed by atoms with Crippen LogP contribution in [0.3, 0.4) is 0 Å². The van der Waals surface area contributed by atoms with Gasteiger partial charge in [0, 0.05) is 18.3 Å². The van der Waals surface area contributed by atoms with Gasteiger partial charge in [-0.2, -0.15) is 0 Å². The van der Waals surface area contributed by atoms with Crippen molar-refractivity contribution in [2.75, 3.05) is 12.4 Å². The Bertz CT molecular complexity index is 620. The largest absolute Gasteiger partial charge is 0.376 e. The zero-order valence-electron chi connectivity index (χ0n) is 11.1. The first kappa shape index (κ1) is 11.1. The molecule has 1 aliphatic carbocycles. The Balaban J connectivity index is 1.81. The molecule has 1 heterocycles. The van der Waals surface area contributed by atoms with Crippen LogP contribution in [0.25, 0.3) is 0 Å². The number of hydrogen-bond acceptors (Lipinski definition) is 2. The van der Waals surface area contributed by atoms with Crippen molar-refractivity contribution in [3.63, 3.8) is 0 Å². The topological polar surface area (TPSA) is 15.3 Å². The number of likely N-dealkylation sites (N-methyl/N-ethyl adjacent to an activating group) is 1. The molecule has 0 unspecified atom stereocenters. The maximum absolute atomic E-state index is 3.77. The second kappa shape index (κ2) is 4.10. The molecule has 0 amide bonds. The van der Waals surface area contributed by atoms with Crippen molar-refractivity contribution in [2.45, 2.75) is 25.0 Å². The molecular formula is C17H18N2. The van der Waals surface area contributed by atoms with Crippen molar-refractivity contribution < 1.29 is 0 Å². The Labute approximate surface area is 114 Å². The molecule has 1 aliphatic heterocycles. The molecule has 2 atom stereocenters. The molecule has 2 aromatic rings. The summed E-state index contributed by atoms with van der Waals surface area (Å²) in [7, 11) is 2.24. The average molecular weight is 250 g/mol. The number of rotatable bonds is 0. The van der Waals surface area contributed by atoms with Gasteiger partial charge < -0.3 is 5.32 Å². The summed E-state index contributed by atoms with van der Waals surface area (Å²) in [4.78, 5) is 2.49. The summed E-state index contributed by atoms with van der Waals surface area (Å²) in [5, 5.41) is 3.77. The van der Waals surface area contributed by atoms with E-state index in [4.69, 9.17) is 0 Å². The van der Waals surface area contributed by atoms with Crippen LogP contribution in [0.1, 0.15) is 22.7 Å². The molecule has 0 bridgehead atoms. The number of nitrogens with zero attached hydrogens (tertiary/aromatic N) is 1. The van der Waals surface area contributed by atoms with Gasteiger partial charge >= 0.3 is 0 Å². The Morgan fingerprint density at radius 1 is 1.00 bits per heavy atom. The van der Waals surface area contributed by atoms with Crippen LogP contribution in [-0.4, -0.2) is 18.0 Å². The summed E-state index contributed by atoms with van der Waals surface area (Å²) >= 11 is 0. The smallest absolute Gasteiger partial charge is 0.0675 e. The molecule has 96 valence electrons. The van der Waals surface area contributed by atoms with Crippen molar-refractivity contribution in [3.8, 4) is 0 Å². The molecular weight excluding hydrogens is 232 g/mol. The summed E-state index contributed by atoms with van der Waals surface area (Å²) in [5.41, 5.74) is 5.66. The van der Waals surface area contributed by atoms with E-state index < -0.39 is 0 Å². The zero-order chi connectivity index (χ0) is 12.8. The van der Waals surface area contributed by atoms with Crippen molar-refractivity contribution in [3.05, 3.63) is 65.2 Å². The van der Waals surface area contributed by atoms with Gasteiger partial charge in [0.15, 0.2) is 0 Å². The van der Waals surface area contributed by atoms with Crippen LogP contribution in [-0.2, 0) is 13.0 Å². The molecule has 0 fully saturated rings. The number of anilines is 1. The molecule has 4 rings (SSSR count). The van der Waals surface area contributed by atoms with Gasteiger partial charge in [-0.1, -0.05) is 42.5 Å². The molecule has 2 aromatic carbocycles.